The largest absolute Gasteiger partial charge is 0.507 e. The first-order valence-electron chi connectivity index (χ1n) is 12.9. The number of aliphatic hydroxyl groups is 1. The SMILES string of the molecule is CCCCOc1ccc(/C(O)=C2\C(=O)C(=O)N(CCN(CC)CC)[C@H]2c2ccc(O)c(OC)c2)cc1C. The lowest BCUT2D eigenvalue weighted by molar-refractivity contribution is -0.140. The molecule has 1 saturated heterocycles. The minimum Gasteiger partial charge on any atom is -0.507 e. The van der Waals surface area contributed by atoms with Crippen molar-refractivity contribution in [1.29, 1.82) is 0 Å². The highest BCUT2D eigenvalue weighted by Gasteiger charge is 2.46. The number of methoxy groups -OCH3 is 1. The molecule has 0 saturated carbocycles. The van der Waals surface area contributed by atoms with E-state index < -0.39 is 17.7 Å². The molecule has 2 aromatic carbocycles. The average Bonchev–Trinajstić information content (AvgIpc) is 3.15. The number of unbranched alkanes of at least 4 members (excludes halogenated alkanes) is 1. The number of ketones is 1. The number of phenols is 1. The van der Waals surface area contributed by atoms with Crippen LogP contribution in [0.15, 0.2) is 42.0 Å². The number of carbonyl (C=O) groups excluding carboxylic acids is 2. The number of benzene rings is 2. The standard InChI is InChI=1S/C29H38N2O6/c1-6-9-16-37-23-13-11-21(17-19(23)4)27(33)25-26(20-10-12-22(32)24(18-20)36-5)31(29(35)28(25)34)15-14-30(7-2)8-3/h10-13,17-18,26,32-33H,6-9,14-16H2,1-5H3/b27-25+/t26-/m0/s1. The Labute approximate surface area is 219 Å². The van der Waals surface area contributed by atoms with E-state index >= 15 is 0 Å². The van der Waals surface area contributed by atoms with Gasteiger partial charge in [0.2, 0.25) is 0 Å². The second-order valence-electron chi connectivity index (χ2n) is 9.13. The molecule has 1 atom stereocenters. The summed E-state index contributed by atoms with van der Waals surface area (Å²) < 4.78 is 11.1. The molecule has 1 heterocycles. The van der Waals surface area contributed by atoms with Crippen molar-refractivity contribution in [3.8, 4) is 17.2 Å². The van der Waals surface area contributed by atoms with Gasteiger partial charge in [-0.05, 0) is 67.9 Å². The molecule has 0 aliphatic carbocycles. The number of aliphatic hydroxyl groups excluding tert-OH is 1. The van der Waals surface area contributed by atoms with Gasteiger partial charge >= 0.3 is 0 Å². The van der Waals surface area contributed by atoms with Gasteiger partial charge in [0.25, 0.3) is 11.7 Å². The first-order chi connectivity index (χ1) is 17.8. The highest BCUT2D eigenvalue weighted by Crippen LogP contribution is 2.42. The molecule has 0 bridgehead atoms. The fraction of sp³-hybridized carbons (Fsp3) is 0.448. The maximum absolute atomic E-state index is 13.3. The molecule has 8 nitrogen and oxygen atoms in total. The van der Waals surface area contributed by atoms with Gasteiger partial charge in [-0.3, -0.25) is 9.59 Å². The molecule has 1 amide bonds. The van der Waals surface area contributed by atoms with Gasteiger partial charge in [0, 0.05) is 18.7 Å². The number of likely N-dealkylation sites (N-methyl/N-ethyl adjacent to an activating group) is 1. The van der Waals surface area contributed by atoms with Crippen LogP contribution < -0.4 is 9.47 Å². The molecule has 2 aromatic rings. The van der Waals surface area contributed by atoms with Gasteiger partial charge in [-0.1, -0.05) is 33.3 Å². The summed E-state index contributed by atoms with van der Waals surface area (Å²) in [4.78, 5) is 30.2. The highest BCUT2D eigenvalue weighted by molar-refractivity contribution is 6.46. The van der Waals surface area contributed by atoms with Gasteiger partial charge < -0.3 is 29.5 Å². The van der Waals surface area contributed by atoms with Crippen LogP contribution in [-0.2, 0) is 9.59 Å². The lowest BCUT2D eigenvalue weighted by Gasteiger charge is -2.28. The molecule has 1 aliphatic heterocycles. The Balaban J connectivity index is 2.08. The van der Waals surface area contributed by atoms with Crippen molar-refractivity contribution in [3.05, 3.63) is 58.7 Å². The van der Waals surface area contributed by atoms with Crippen molar-refractivity contribution in [2.75, 3.05) is 39.9 Å². The van der Waals surface area contributed by atoms with Gasteiger partial charge in [0.05, 0.1) is 25.3 Å². The summed E-state index contributed by atoms with van der Waals surface area (Å²) in [5.41, 5.74) is 1.82. The van der Waals surface area contributed by atoms with E-state index in [1.165, 1.54) is 18.1 Å². The number of hydrogen-bond donors (Lipinski definition) is 2. The maximum atomic E-state index is 13.3. The third kappa shape index (κ3) is 6.07. The summed E-state index contributed by atoms with van der Waals surface area (Å²) in [6, 6.07) is 9.10. The second kappa shape index (κ2) is 12.6. The molecule has 1 fully saturated rings. The molecule has 0 radical (unpaired) electrons. The number of hydrogen-bond acceptors (Lipinski definition) is 7. The number of aryl methyl sites for hydroxylation is 1. The Morgan fingerprint density at radius 1 is 1.05 bits per heavy atom. The molecular formula is C29H38N2O6. The predicted octanol–water partition coefficient (Wildman–Crippen LogP) is 4.65. The Morgan fingerprint density at radius 3 is 2.41 bits per heavy atom. The van der Waals surface area contributed by atoms with Crippen molar-refractivity contribution in [2.45, 2.75) is 46.6 Å². The van der Waals surface area contributed by atoms with Crippen LogP contribution in [-0.4, -0.2) is 71.6 Å². The molecule has 0 unspecified atom stereocenters. The quantitative estimate of drug-likeness (QED) is 0.186. The van der Waals surface area contributed by atoms with E-state index in [0.29, 0.717) is 36.6 Å². The first kappa shape index (κ1) is 28.1. The minimum atomic E-state index is -0.828. The molecule has 0 aromatic heterocycles. The van der Waals surface area contributed by atoms with Crippen molar-refractivity contribution >= 4 is 17.4 Å². The molecule has 37 heavy (non-hydrogen) atoms. The Morgan fingerprint density at radius 2 is 1.78 bits per heavy atom. The van der Waals surface area contributed by atoms with Crippen LogP contribution in [0.3, 0.4) is 0 Å². The Bertz CT molecular complexity index is 1160. The minimum absolute atomic E-state index is 0.0105. The van der Waals surface area contributed by atoms with Crippen LogP contribution in [0.1, 0.15) is 56.3 Å². The number of rotatable bonds is 12. The molecule has 8 heteroatoms. The monoisotopic (exact) mass is 510 g/mol. The summed E-state index contributed by atoms with van der Waals surface area (Å²) in [6.45, 7) is 11.2. The Kier molecular flexibility index (Phi) is 9.58. The number of nitrogens with zero attached hydrogens (tertiary/aromatic N) is 2. The molecule has 2 N–H and O–H groups in total. The van der Waals surface area contributed by atoms with Crippen molar-refractivity contribution in [2.24, 2.45) is 0 Å². The molecule has 3 rings (SSSR count). The summed E-state index contributed by atoms with van der Waals surface area (Å²) in [6.07, 6.45) is 1.96. The van der Waals surface area contributed by atoms with Gasteiger partial charge in [-0.2, -0.15) is 0 Å². The molecule has 200 valence electrons. The normalized spacial score (nSPS) is 17.0. The molecule has 0 spiro atoms. The topological polar surface area (TPSA) is 99.5 Å². The first-order valence-corrected chi connectivity index (χ1v) is 12.9. The van der Waals surface area contributed by atoms with Crippen LogP contribution in [0.5, 0.6) is 17.2 Å². The summed E-state index contributed by atoms with van der Waals surface area (Å²) in [5.74, 6) is -0.776. The third-order valence-corrected chi connectivity index (χ3v) is 6.81. The predicted molar refractivity (Wildman–Crippen MR) is 143 cm³/mol. The van der Waals surface area contributed by atoms with E-state index in [2.05, 4.69) is 11.8 Å². The summed E-state index contributed by atoms with van der Waals surface area (Å²) >= 11 is 0. The number of amides is 1. The number of carbonyl (C=O) groups is 2. The van der Waals surface area contributed by atoms with Crippen LogP contribution in [0.4, 0.5) is 0 Å². The van der Waals surface area contributed by atoms with Gasteiger partial charge in [-0.15, -0.1) is 0 Å². The highest BCUT2D eigenvalue weighted by atomic mass is 16.5. The van der Waals surface area contributed by atoms with Gasteiger partial charge in [0.1, 0.15) is 11.5 Å². The third-order valence-electron chi connectivity index (χ3n) is 6.81. The zero-order valence-electron chi connectivity index (χ0n) is 22.4. The fourth-order valence-electron chi connectivity index (χ4n) is 4.55. The molecular weight excluding hydrogens is 472 g/mol. The van der Waals surface area contributed by atoms with Crippen LogP contribution >= 0.6 is 0 Å². The van der Waals surface area contributed by atoms with E-state index in [-0.39, 0.29) is 22.8 Å². The number of likely N-dealkylation sites (tertiary alicyclic amines) is 1. The smallest absolute Gasteiger partial charge is 0.295 e. The fourth-order valence-corrected chi connectivity index (χ4v) is 4.55. The zero-order chi connectivity index (χ0) is 27.1. The summed E-state index contributed by atoms with van der Waals surface area (Å²) in [5, 5.41) is 21.5. The van der Waals surface area contributed by atoms with E-state index in [0.717, 1.165) is 31.5 Å². The van der Waals surface area contributed by atoms with E-state index in [1.807, 2.05) is 20.8 Å². The van der Waals surface area contributed by atoms with Gasteiger partial charge in [0.15, 0.2) is 11.5 Å². The second-order valence-corrected chi connectivity index (χ2v) is 9.13. The van der Waals surface area contributed by atoms with Crippen LogP contribution in [0.25, 0.3) is 5.76 Å². The van der Waals surface area contributed by atoms with Crippen LogP contribution in [0, 0.1) is 6.92 Å². The van der Waals surface area contributed by atoms with Crippen molar-refractivity contribution in [1.82, 2.24) is 9.80 Å². The van der Waals surface area contributed by atoms with E-state index in [1.54, 1.807) is 30.3 Å². The van der Waals surface area contributed by atoms with E-state index in [4.69, 9.17) is 9.47 Å². The Hall–Kier alpha value is -3.52. The van der Waals surface area contributed by atoms with Crippen molar-refractivity contribution < 1.29 is 29.3 Å². The number of Topliss-reactive ketones (excluding diaryl/α,β-unsaturated/α-hetero) is 1. The summed E-state index contributed by atoms with van der Waals surface area (Å²) in [7, 11) is 1.43. The van der Waals surface area contributed by atoms with Crippen LogP contribution in [0.2, 0.25) is 0 Å². The zero-order valence-corrected chi connectivity index (χ0v) is 22.4. The lowest BCUT2D eigenvalue weighted by atomic mass is 9.94. The van der Waals surface area contributed by atoms with Gasteiger partial charge in [-0.25, -0.2) is 0 Å². The molecule has 1 aliphatic rings. The van der Waals surface area contributed by atoms with E-state index in [9.17, 15) is 19.8 Å². The maximum Gasteiger partial charge on any atom is 0.295 e. The number of ether oxygens (including phenoxy) is 2. The lowest BCUT2D eigenvalue weighted by Crippen LogP contribution is -2.38. The number of aromatic hydroxyl groups is 1. The average molecular weight is 511 g/mol. The van der Waals surface area contributed by atoms with Crippen molar-refractivity contribution in [3.63, 3.8) is 0 Å². The number of phenolic OH excluding ortho intramolecular Hbond substituents is 1.